The summed E-state index contributed by atoms with van der Waals surface area (Å²) < 4.78 is 0. The van der Waals surface area contributed by atoms with Crippen LogP contribution in [0.4, 0.5) is 0 Å². The zero-order chi connectivity index (χ0) is 15.9. The highest BCUT2D eigenvalue weighted by Crippen LogP contribution is 2.22. The predicted octanol–water partition coefficient (Wildman–Crippen LogP) is 2.89. The van der Waals surface area contributed by atoms with E-state index in [2.05, 4.69) is 27.4 Å². The molecule has 2 heterocycles. The number of hydrogen-bond donors (Lipinski definition) is 2. The molecule has 3 rings (SSSR count). The van der Waals surface area contributed by atoms with Crippen molar-refractivity contribution in [3.05, 3.63) is 96.1 Å². The first-order chi connectivity index (χ1) is 11.3. The van der Waals surface area contributed by atoms with Gasteiger partial charge in [-0.05, 0) is 41.0 Å². The number of aromatic nitrogens is 2. The van der Waals surface area contributed by atoms with E-state index in [4.69, 9.17) is 0 Å². The van der Waals surface area contributed by atoms with Crippen LogP contribution in [0.1, 0.15) is 28.8 Å². The van der Waals surface area contributed by atoms with E-state index in [1.54, 1.807) is 24.8 Å². The molecule has 0 radical (unpaired) electrons. The van der Waals surface area contributed by atoms with Gasteiger partial charge in [0.1, 0.15) is 0 Å². The van der Waals surface area contributed by atoms with E-state index in [0.29, 0.717) is 6.54 Å². The largest absolute Gasteiger partial charge is 0.387 e. The maximum atomic E-state index is 10.4. The van der Waals surface area contributed by atoms with Crippen LogP contribution in [0.3, 0.4) is 0 Å². The lowest BCUT2D eigenvalue weighted by Crippen LogP contribution is -2.27. The monoisotopic (exact) mass is 305 g/mol. The second-order valence-corrected chi connectivity index (χ2v) is 5.33. The molecule has 0 amide bonds. The molecule has 0 spiro atoms. The normalized spacial score (nSPS) is 13.4. The molecular formula is C19H19N3O. The van der Waals surface area contributed by atoms with E-state index in [9.17, 15) is 5.11 Å². The first kappa shape index (κ1) is 15.3. The van der Waals surface area contributed by atoms with Crippen molar-refractivity contribution in [2.45, 2.75) is 12.1 Å². The second kappa shape index (κ2) is 7.63. The van der Waals surface area contributed by atoms with Gasteiger partial charge in [-0.3, -0.25) is 9.97 Å². The minimum Gasteiger partial charge on any atom is -0.387 e. The molecular weight excluding hydrogens is 286 g/mol. The molecule has 116 valence electrons. The average Bonchev–Trinajstić information content (AvgIpc) is 2.64. The summed E-state index contributed by atoms with van der Waals surface area (Å²) in [5, 5.41) is 13.8. The number of aliphatic hydroxyl groups is 1. The van der Waals surface area contributed by atoms with Crippen LogP contribution in [0.15, 0.2) is 79.4 Å². The molecule has 0 aliphatic rings. The predicted molar refractivity (Wildman–Crippen MR) is 89.7 cm³/mol. The van der Waals surface area contributed by atoms with Gasteiger partial charge in [0.2, 0.25) is 0 Å². The highest BCUT2D eigenvalue weighted by molar-refractivity contribution is 5.30. The Kier molecular flexibility index (Phi) is 5.09. The SMILES string of the molecule is O[C@@H](CN[C@H](c1ccccc1)c1ccncc1)c1ccncc1. The third-order valence-corrected chi connectivity index (χ3v) is 3.78. The Labute approximate surface area is 135 Å². The number of pyridine rings is 2. The molecule has 0 bridgehead atoms. The van der Waals surface area contributed by atoms with Gasteiger partial charge in [0.05, 0.1) is 12.1 Å². The van der Waals surface area contributed by atoms with Gasteiger partial charge in [0.15, 0.2) is 0 Å². The van der Waals surface area contributed by atoms with Crippen molar-refractivity contribution in [1.82, 2.24) is 15.3 Å². The third-order valence-electron chi connectivity index (χ3n) is 3.78. The van der Waals surface area contributed by atoms with E-state index >= 15 is 0 Å². The molecule has 4 nitrogen and oxygen atoms in total. The van der Waals surface area contributed by atoms with Crippen molar-refractivity contribution < 1.29 is 5.11 Å². The van der Waals surface area contributed by atoms with Gasteiger partial charge in [0, 0.05) is 31.3 Å². The topological polar surface area (TPSA) is 58.0 Å². The van der Waals surface area contributed by atoms with Crippen molar-refractivity contribution >= 4 is 0 Å². The summed E-state index contributed by atoms with van der Waals surface area (Å²) in [6, 6.07) is 17.8. The molecule has 0 aliphatic heterocycles. The van der Waals surface area contributed by atoms with Crippen LogP contribution in [0, 0.1) is 0 Å². The molecule has 1 aromatic carbocycles. The Hall–Kier alpha value is -2.56. The van der Waals surface area contributed by atoms with Crippen molar-refractivity contribution in [1.29, 1.82) is 0 Å². The smallest absolute Gasteiger partial charge is 0.0915 e. The number of rotatable bonds is 6. The first-order valence-electron chi connectivity index (χ1n) is 7.61. The summed E-state index contributed by atoms with van der Waals surface area (Å²) in [4.78, 5) is 8.06. The maximum absolute atomic E-state index is 10.4. The minimum absolute atomic E-state index is 0.00990. The van der Waals surface area contributed by atoms with Gasteiger partial charge in [-0.2, -0.15) is 0 Å². The van der Waals surface area contributed by atoms with Crippen molar-refractivity contribution in [3.8, 4) is 0 Å². The lowest BCUT2D eigenvalue weighted by atomic mass is 9.99. The quantitative estimate of drug-likeness (QED) is 0.735. The van der Waals surface area contributed by atoms with Crippen molar-refractivity contribution in [2.75, 3.05) is 6.54 Å². The van der Waals surface area contributed by atoms with Gasteiger partial charge in [-0.15, -0.1) is 0 Å². The van der Waals surface area contributed by atoms with E-state index in [1.165, 1.54) is 0 Å². The lowest BCUT2D eigenvalue weighted by Gasteiger charge is -2.22. The summed E-state index contributed by atoms with van der Waals surface area (Å²) in [6.45, 7) is 0.450. The summed E-state index contributed by atoms with van der Waals surface area (Å²) in [5.74, 6) is 0. The fourth-order valence-electron chi connectivity index (χ4n) is 2.56. The van der Waals surface area contributed by atoms with Gasteiger partial charge in [0.25, 0.3) is 0 Å². The maximum Gasteiger partial charge on any atom is 0.0915 e. The van der Waals surface area contributed by atoms with Gasteiger partial charge >= 0.3 is 0 Å². The standard InChI is InChI=1S/C19H19N3O/c23-18(15-6-10-20-11-7-15)14-22-19(16-4-2-1-3-5-16)17-8-12-21-13-9-17/h1-13,18-19,22-23H,14H2/t18-,19+/m0/s1. The third kappa shape index (κ3) is 4.00. The summed E-state index contributed by atoms with van der Waals surface area (Å²) in [7, 11) is 0. The molecule has 0 saturated carbocycles. The van der Waals surface area contributed by atoms with Crippen molar-refractivity contribution in [2.24, 2.45) is 0 Å². The van der Waals surface area contributed by atoms with Crippen LogP contribution in [-0.2, 0) is 0 Å². The minimum atomic E-state index is -0.578. The molecule has 0 aliphatic carbocycles. The number of benzene rings is 1. The Morgan fingerprint density at radius 2 is 1.26 bits per heavy atom. The first-order valence-corrected chi connectivity index (χ1v) is 7.61. The Morgan fingerprint density at radius 3 is 1.87 bits per heavy atom. The molecule has 0 unspecified atom stereocenters. The Morgan fingerprint density at radius 1 is 0.739 bits per heavy atom. The average molecular weight is 305 g/mol. The Bertz CT molecular complexity index is 665. The molecule has 2 N–H and O–H groups in total. The van der Waals surface area contributed by atoms with Gasteiger partial charge in [-0.25, -0.2) is 0 Å². The summed E-state index contributed by atoms with van der Waals surface area (Å²) >= 11 is 0. The van der Waals surface area contributed by atoms with E-state index < -0.39 is 6.10 Å². The molecule has 3 aromatic rings. The second-order valence-electron chi connectivity index (χ2n) is 5.33. The molecule has 2 aromatic heterocycles. The number of aliphatic hydroxyl groups excluding tert-OH is 1. The fraction of sp³-hybridized carbons (Fsp3) is 0.158. The molecule has 0 saturated heterocycles. The molecule has 23 heavy (non-hydrogen) atoms. The Balaban J connectivity index is 1.77. The van der Waals surface area contributed by atoms with Crippen LogP contribution >= 0.6 is 0 Å². The number of hydrogen-bond acceptors (Lipinski definition) is 4. The zero-order valence-electron chi connectivity index (χ0n) is 12.7. The molecule has 0 fully saturated rings. The number of nitrogens with zero attached hydrogens (tertiary/aromatic N) is 2. The van der Waals surface area contributed by atoms with Crippen molar-refractivity contribution in [3.63, 3.8) is 0 Å². The zero-order valence-corrected chi connectivity index (χ0v) is 12.7. The van der Waals surface area contributed by atoms with E-state index in [0.717, 1.165) is 16.7 Å². The molecule has 4 heteroatoms. The van der Waals surface area contributed by atoms with Gasteiger partial charge in [-0.1, -0.05) is 30.3 Å². The van der Waals surface area contributed by atoms with Crippen LogP contribution in [-0.4, -0.2) is 21.6 Å². The lowest BCUT2D eigenvalue weighted by molar-refractivity contribution is 0.172. The van der Waals surface area contributed by atoms with E-state index in [-0.39, 0.29) is 6.04 Å². The summed E-state index contributed by atoms with van der Waals surface area (Å²) in [6.07, 6.45) is 6.37. The van der Waals surface area contributed by atoms with Crippen LogP contribution in [0.5, 0.6) is 0 Å². The van der Waals surface area contributed by atoms with Crippen LogP contribution < -0.4 is 5.32 Å². The van der Waals surface area contributed by atoms with Crippen LogP contribution in [0.25, 0.3) is 0 Å². The molecule has 2 atom stereocenters. The summed E-state index contributed by atoms with van der Waals surface area (Å²) in [5.41, 5.74) is 3.13. The highest BCUT2D eigenvalue weighted by atomic mass is 16.3. The van der Waals surface area contributed by atoms with E-state index in [1.807, 2.05) is 42.5 Å². The number of nitrogens with one attached hydrogen (secondary N) is 1. The van der Waals surface area contributed by atoms with Crippen LogP contribution in [0.2, 0.25) is 0 Å². The van der Waals surface area contributed by atoms with Gasteiger partial charge < -0.3 is 10.4 Å². The highest BCUT2D eigenvalue weighted by Gasteiger charge is 2.15. The fourth-order valence-corrected chi connectivity index (χ4v) is 2.56.